The second kappa shape index (κ2) is 7.94. The standard InChI is InChI=1S/C19H18O4/c1-2-15-9-6-10-16(18(15)19(21)22)11-12-17(20)23-13-14-7-4-3-5-8-14/h3-12H,2,13H2,1H3,(H,21,22). The van der Waals surface area contributed by atoms with Crippen LogP contribution in [0.4, 0.5) is 0 Å². The molecular weight excluding hydrogens is 292 g/mol. The lowest BCUT2D eigenvalue weighted by Crippen LogP contribution is -2.05. The summed E-state index contributed by atoms with van der Waals surface area (Å²) in [5.41, 5.74) is 2.35. The van der Waals surface area contributed by atoms with Crippen molar-refractivity contribution >= 4 is 18.0 Å². The van der Waals surface area contributed by atoms with Gasteiger partial charge in [-0.2, -0.15) is 0 Å². The fraction of sp³-hybridized carbons (Fsp3) is 0.158. The summed E-state index contributed by atoms with van der Waals surface area (Å²) in [6.07, 6.45) is 3.35. The van der Waals surface area contributed by atoms with Gasteiger partial charge in [0.15, 0.2) is 0 Å². The van der Waals surface area contributed by atoms with Crippen LogP contribution < -0.4 is 0 Å². The number of ether oxygens (including phenoxy) is 1. The molecule has 2 rings (SSSR count). The predicted molar refractivity (Wildman–Crippen MR) is 88.1 cm³/mol. The third-order valence-electron chi connectivity index (χ3n) is 3.40. The summed E-state index contributed by atoms with van der Waals surface area (Å²) >= 11 is 0. The van der Waals surface area contributed by atoms with E-state index in [4.69, 9.17) is 4.74 Å². The normalized spacial score (nSPS) is 10.7. The minimum absolute atomic E-state index is 0.185. The van der Waals surface area contributed by atoms with Crippen molar-refractivity contribution in [3.8, 4) is 0 Å². The highest BCUT2D eigenvalue weighted by Crippen LogP contribution is 2.17. The molecule has 0 saturated carbocycles. The van der Waals surface area contributed by atoms with Crippen LogP contribution in [0.1, 0.15) is 34.0 Å². The molecule has 4 heteroatoms. The molecule has 0 aliphatic heterocycles. The first-order chi connectivity index (χ1) is 11.1. The summed E-state index contributed by atoms with van der Waals surface area (Å²) in [7, 11) is 0. The molecule has 23 heavy (non-hydrogen) atoms. The molecule has 2 aromatic rings. The molecule has 0 radical (unpaired) electrons. The lowest BCUT2D eigenvalue weighted by molar-refractivity contribution is -0.138. The van der Waals surface area contributed by atoms with Gasteiger partial charge in [0.25, 0.3) is 0 Å². The summed E-state index contributed by atoms with van der Waals surface area (Å²) in [6, 6.07) is 14.6. The van der Waals surface area contributed by atoms with Crippen molar-refractivity contribution < 1.29 is 19.4 Å². The second-order valence-corrected chi connectivity index (χ2v) is 4.97. The van der Waals surface area contributed by atoms with E-state index in [1.54, 1.807) is 18.2 Å². The smallest absolute Gasteiger partial charge is 0.336 e. The number of carbonyl (C=O) groups is 2. The van der Waals surface area contributed by atoms with Crippen LogP contribution in [0.25, 0.3) is 6.08 Å². The highest BCUT2D eigenvalue weighted by molar-refractivity contribution is 5.96. The Bertz CT molecular complexity index is 717. The van der Waals surface area contributed by atoms with Gasteiger partial charge in [0.1, 0.15) is 6.61 Å². The highest BCUT2D eigenvalue weighted by atomic mass is 16.5. The van der Waals surface area contributed by atoms with E-state index in [0.717, 1.165) is 11.1 Å². The maximum absolute atomic E-state index is 11.8. The monoisotopic (exact) mass is 310 g/mol. The summed E-state index contributed by atoms with van der Waals surface area (Å²) < 4.78 is 5.13. The van der Waals surface area contributed by atoms with Crippen LogP contribution in [0.3, 0.4) is 0 Å². The molecule has 118 valence electrons. The molecule has 0 aromatic heterocycles. The summed E-state index contributed by atoms with van der Waals surface area (Å²) in [4.78, 5) is 23.2. The van der Waals surface area contributed by atoms with Gasteiger partial charge in [0.2, 0.25) is 0 Å². The lowest BCUT2D eigenvalue weighted by Gasteiger charge is -2.07. The number of carboxylic acids is 1. The van der Waals surface area contributed by atoms with Gasteiger partial charge in [-0.25, -0.2) is 9.59 Å². The SMILES string of the molecule is CCc1cccc(C=CC(=O)OCc2ccccc2)c1C(=O)O. The number of benzene rings is 2. The molecule has 0 saturated heterocycles. The number of aromatic carboxylic acids is 1. The summed E-state index contributed by atoms with van der Waals surface area (Å²) in [6.45, 7) is 2.08. The minimum atomic E-state index is -1.00. The van der Waals surface area contributed by atoms with Gasteiger partial charge in [-0.05, 0) is 29.2 Å². The van der Waals surface area contributed by atoms with Gasteiger partial charge in [0, 0.05) is 6.08 Å². The van der Waals surface area contributed by atoms with E-state index < -0.39 is 11.9 Å². The van der Waals surface area contributed by atoms with Crippen LogP contribution in [0.5, 0.6) is 0 Å². The fourth-order valence-corrected chi connectivity index (χ4v) is 2.25. The topological polar surface area (TPSA) is 63.6 Å². The molecule has 0 unspecified atom stereocenters. The second-order valence-electron chi connectivity index (χ2n) is 4.97. The van der Waals surface area contributed by atoms with Crippen molar-refractivity contribution in [2.75, 3.05) is 0 Å². The Morgan fingerprint density at radius 3 is 2.48 bits per heavy atom. The van der Waals surface area contributed by atoms with Crippen LogP contribution >= 0.6 is 0 Å². The van der Waals surface area contributed by atoms with Crippen molar-refractivity contribution in [3.63, 3.8) is 0 Å². The van der Waals surface area contributed by atoms with Gasteiger partial charge in [-0.3, -0.25) is 0 Å². The van der Waals surface area contributed by atoms with Gasteiger partial charge < -0.3 is 9.84 Å². The zero-order valence-electron chi connectivity index (χ0n) is 12.9. The zero-order valence-corrected chi connectivity index (χ0v) is 12.9. The van der Waals surface area contributed by atoms with Crippen molar-refractivity contribution in [3.05, 3.63) is 76.9 Å². The molecule has 2 aromatic carbocycles. The Morgan fingerprint density at radius 2 is 1.83 bits per heavy atom. The van der Waals surface area contributed by atoms with Crippen molar-refractivity contribution in [2.45, 2.75) is 20.0 Å². The number of rotatable bonds is 6. The predicted octanol–water partition coefficient (Wildman–Crippen LogP) is 3.70. The van der Waals surface area contributed by atoms with E-state index in [1.807, 2.05) is 37.3 Å². The van der Waals surface area contributed by atoms with Crippen LogP contribution in [0, 0.1) is 0 Å². The number of hydrogen-bond acceptors (Lipinski definition) is 3. The number of aryl methyl sites for hydroxylation is 1. The summed E-state index contributed by atoms with van der Waals surface area (Å²) in [5, 5.41) is 9.34. The van der Waals surface area contributed by atoms with E-state index in [2.05, 4.69) is 0 Å². The van der Waals surface area contributed by atoms with Crippen LogP contribution in [-0.2, 0) is 22.6 Å². The molecule has 0 bridgehead atoms. The maximum atomic E-state index is 11.8. The molecular formula is C19H18O4. The first kappa shape index (κ1) is 16.5. The Labute approximate surface area is 135 Å². The Hall–Kier alpha value is -2.88. The third kappa shape index (κ3) is 4.54. The van der Waals surface area contributed by atoms with Crippen LogP contribution in [-0.4, -0.2) is 17.0 Å². The Balaban J connectivity index is 2.08. The number of hydrogen-bond donors (Lipinski definition) is 1. The first-order valence-corrected chi connectivity index (χ1v) is 7.35. The van der Waals surface area contributed by atoms with Crippen molar-refractivity contribution in [2.24, 2.45) is 0 Å². The van der Waals surface area contributed by atoms with E-state index in [-0.39, 0.29) is 12.2 Å². The average molecular weight is 310 g/mol. The van der Waals surface area contributed by atoms with E-state index in [9.17, 15) is 14.7 Å². The number of carbonyl (C=O) groups excluding carboxylic acids is 1. The van der Waals surface area contributed by atoms with Crippen LogP contribution in [0.2, 0.25) is 0 Å². The van der Waals surface area contributed by atoms with Crippen molar-refractivity contribution in [1.82, 2.24) is 0 Å². The summed E-state index contributed by atoms with van der Waals surface area (Å²) in [5.74, 6) is -1.51. The molecule has 0 aliphatic carbocycles. The molecule has 0 aliphatic rings. The van der Waals surface area contributed by atoms with Crippen LogP contribution in [0.15, 0.2) is 54.6 Å². The van der Waals surface area contributed by atoms with E-state index in [1.165, 1.54) is 12.2 Å². The third-order valence-corrected chi connectivity index (χ3v) is 3.40. The Morgan fingerprint density at radius 1 is 1.09 bits per heavy atom. The number of esters is 1. The molecule has 0 heterocycles. The molecule has 0 amide bonds. The lowest BCUT2D eigenvalue weighted by atomic mass is 9.99. The van der Waals surface area contributed by atoms with E-state index in [0.29, 0.717) is 12.0 Å². The first-order valence-electron chi connectivity index (χ1n) is 7.35. The number of carboxylic acid groups (broad SMARTS) is 1. The molecule has 1 N–H and O–H groups in total. The molecule has 4 nitrogen and oxygen atoms in total. The Kier molecular flexibility index (Phi) is 5.69. The molecule has 0 spiro atoms. The van der Waals surface area contributed by atoms with Gasteiger partial charge in [-0.15, -0.1) is 0 Å². The van der Waals surface area contributed by atoms with E-state index >= 15 is 0 Å². The average Bonchev–Trinajstić information content (AvgIpc) is 2.58. The largest absolute Gasteiger partial charge is 0.478 e. The maximum Gasteiger partial charge on any atom is 0.336 e. The quantitative estimate of drug-likeness (QED) is 0.652. The minimum Gasteiger partial charge on any atom is -0.478 e. The van der Waals surface area contributed by atoms with Gasteiger partial charge in [-0.1, -0.05) is 55.5 Å². The van der Waals surface area contributed by atoms with Crippen molar-refractivity contribution in [1.29, 1.82) is 0 Å². The highest BCUT2D eigenvalue weighted by Gasteiger charge is 2.12. The van der Waals surface area contributed by atoms with Gasteiger partial charge >= 0.3 is 11.9 Å². The zero-order chi connectivity index (χ0) is 16.7. The molecule has 0 fully saturated rings. The molecule has 0 atom stereocenters. The van der Waals surface area contributed by atoms with Gasteiger partial charge in [0.05, 0.1) is 5.56 Å². The fourth-order valence-electron chi connectivity index (χ4n) is 2.25.